The molecule has 0 unspecified atom stereocenters. The highest BCUT2D eigenvalue weighted by molar-refractivity contribution is 6.32. The van der Waals surface area contributed by atoms with Crippen LogP contribution in [0.4, 0.5) is 27.5 Å². The molecule has 3 aromatic rings. The van der Waals surface area contributed by atoms with Gasteiger partial charge in [-0.15, -0.1) is 0 Å². The number of halogens is 2. The summed E-state index contributed by atoms with van der Waals surface area (Å²) in [6.45, 7) is 3.75. The Morgan fingerprint density at radius 2 is 1.89 bits per heavy atom. The van der Waals surface area contributed by atoms with Crippen LogP contribution >= 0.6 is 11.6 Å². The van der Waals surface area contributed by atoms with Crippen molar-refractivity contribution in [2.45, 2.75) is 63.5 Å². The molecule has 3 N–H and O–H groups in total. The van der Waals surface area contributed by atoms with Crippen molar-refractivity contribution in [3.63, 3.8) is 0 Å². The van der Waals surface area contributed by atoms with Gasteiger partial charge in [0.1, 0.15) is 16.6 Å². The Balaban J connectivity index is 1.26. The topological polar surface area (TPSA) is 88.9 Å². The highest BCUT2D eigenvalue weighted by atomic mass is 35.5. The predicted octanol–water partition coefficient (Wildman–Crippen LogP) is 5.60. The first-order valence-corrected chi connectivity index (χ1v) is 12.7. The van der Waals surface area contributed by atoms with Gasteiger partial charge in [-0.2, -0.15) is 10.1 Å². The van der Waals surface area contributed by atoms with E-state index in [2.05, 4.69) is 31.0 Å². The van der Waals surface area contributed by atoms with Crippen molar-refractivity contribution in [3.05, 3.63) is 46.6 Å². The number of rotatable bonds is 8. The quantitative estimate of drug-likeness (QED) is 0.373. The van der Waals surface area contributed by atoms with Crippen molar-refractivity contribution in [1.29, 1.82) is 0 Å². The minimum atomic E-state index is -0.238. The third-order valence-corrected chi connectivity index (χ3v) is 7.05. The lowest BCUT2D eigenvalue weighted by molar-refractivity contribution is 0.303. The van der Waals surface area contributed by atoms with Gasteiger partial charge in [-0.05, 0) is 76.1 Å². The van der Waals surface area contributed by atoms with Crippen LogP contribution in [-0.4, -0.2) is 38.9 Å². The van der Waals surface area contributed by atoms with Gasteiger partial charge in [0.25, 0.3) is 0 Å². The summed E-state index contributed by atoms with van der Waals surface area (Å²) in [5.41, 5.74) is 2.95. The number of nitrogens with one attached hydrogen (secondary N) is 3. The van der Waals surface area contributed by atoms with Crippen molar-refractivity contribution < 1.29 is 9.13 Å². The van der Waals surface area contributed by atoms with Crippen LogP contribution in [0.25, 0.3) is 0 Å². The van der Waals surface area contributed by atoms with Crippen molar-refractivity contribution >= 4 is 34.7 Å². The number of hydrogen-bond donors (Lipinski definition) is 3. The van der Waals surface area contributed by atoms with E-state index >= 15 is 4.39 Å². The van der Waals surface area contributed by atoms with Gasteiger partial charge in [-0.25, -0.2) is 9.37 Å². The van der Waals surface area contributed by atoms with Crippen molar-refractivity contribution in [3.8, 4) is 5.75 Å². The third-order valence-electron chi connectivity index (χ3n) is 6.78. The SMILES string of the molecule is Cc1nn(C2CC2)cc1Nc1nc(Nc2cc(F)c(C3CCNCC3)cc2OC2CC2)ncc1Cl. The Bertz CT molecular complexity index is 1230. The summed E-state index contributed by atoms with van der Waals surface area (Å²) in [6.07, 6.45) is 9.85. The van der Waals surface area contributed by atoms with Crippen LogP contribution in [0.2, 0.25) is 5.02 Å². The molecule has 3 fully saturated rings. The summed E-state index contributed by atoms with van der Waals surface area (Å²) in [7, 11) is 0. The fourth-order valence-corrected chi connectivity index (χ4v) is 4.61. The fraction of sp³-hybridized carbons (Fsp3) is 0.480. The summed E-state index contributed by atoms with van der Waals surface area (Å²) < 4.78 is 23.4. The largest absolute Gasteiger partial charge is 0.488 e. The van der Waals surface area contributed by atoms with E-state index in [0.717, 1.165) is 68.6 Å². The smallest absolute Gasteiger partial charge is 0.229 e. The normalized spacial score (nSPS) is 18.5. The van der Waals surface area contributed by atoms with Crippen LogP contribution < -0.4 is 20.7 Å². The molecule has 2 aliphatic carbocycles. The Morgan fingerprint density at radius 3 is 2.63 bits per heavy atom. The van der Waals surface area contributed by atoms with Gasteiger partial charge in [0.15, 0.2) is 5.82 Å². The zero-order valence-electron chi connectivity index (χ0n) is 19.7. The highest BCUT2D eigenvalue weighted by Gasteiger charge is 2.28. The van der Waals surface area contributed by atoms with Gasteiger partial charge in [0, 0.05) is 12.3 Å². The van der Waals surface area contributed by atoms with Gasteiger partial charge in [-0.1, -0.05) is 11.6 Å². The van der Waals surface area contributed by atoms with E-state index in [0.29, 0.717) is 34.3 Å². The van der Waals surface area contributed by atoms with Crippen LogP contribution in [0.15, 0.2) is 24.5 Å². The maximum atomic E-state index is 15.2. The molecule has 0 amide bonds. The van der Waals surface area contributed by atoms with E-state index in [4.69, 9.17) is 16.3 Å². The van der Waals surface area contributed by atoms with Gasteiger partial charge in [0.05, 0.1) is 35.4 Å². The summed E-state index contributed by atoms with van der Waals surface area (Å²) in [4.78, 5) is 8.88. The first-order valence-electron chi connectivity index (χ1n) is 12.4. The zero-order chi connectivity index (χ0) is 23.9. The Hall–Kier alpha value is -2.91. The number of anilines is 4. The number of piperidine rings is 1. The average molecular weight is 498 g/mol. The Kier molecular flexibility index (Phi) is 5.98. The van der Waals surface area contributed by atoms with E-state index in [9.17, 15) is 0 Å². The van der Waals surface area contributed by atoms with Crippen LogP contribution in [0.3, 0.4) is 0 Å². The highest BCUT2D eigenvalue weighted by Crippen LogP contribution is 2.39. The maximum absolute atomic E-state index is 15.2. The lowest BCUT2D eigenvalue weighted by Crippen LogP contribution is -2.27. The molecule has 1 aliphatic heterocycles. The first kappa shape index (κ1) is 22.5. The van der Waals surface area contributed by atoms with Gasteiger partial charge in [-0.3, -0.25) is 4.68 Å². The number of hydrogen-bond acceptors (Lipinski definition) is 7. The van der Waals surface area contributed by atoms with Crippen LogP contribution in [0, 0.1) is 12.7 Å². The molecule has 0 spiro atoms. The molecule has 1 aromatic carbocycles. The summed E-state index contributed by atoms with van der Waals surface area (Å²) in [5, 5.41) is 14.7. The second kappa shape index (κ2) is 9.28. The molecule has 3 aliphatic rings. The summed E-state index contributed by atoms with van der Waals surface area (Å²) >= 11 is 6.39. The van der Waals surface area contributed by atoms with E-state index in [1.54, 1.807) is 0 Å². The molecule has 184 valence electrons. The molecule has 6 rings (SSSR count). The third kappa shape index (κ3) is 5.06. The first-order chi connectivity index (χ1) is 17.0. The van der Waals surface area contributed by atoms with Crippen molar-refractivity contribution in [2.24, 2.45) is 0 Å². The number of benzene rings is 1. The maximum Gasteiger partial charge on any atom is 0.229 e. The molecule has 3 heterocycles. The van der Waals surface area contributed by atoms with E-state index in [1.807, 2.05) is 23.9 Å². The lowest BCUT2D eigenvalue weighted by atomic mass is 9.89. The number of aromatic nitrogens is 4. The van der Waals surface area contributed by atoms with Crippen LogP contribution in [0.5, 0.6) is 5.75 Å². The number of ether oxygens (including phenoxy) is 1. The minimum Gasteiger partial charge on any atom is -0.488 e. The Morgan fingerprint density at radius 1 is 1.09 bits per heavy atom. The molecule has 2 aromatic heterocycles. The molecule has 2 saturated carbocycles. The molecule has 10 heteroatoms. The molecule has 0 atom stereocenters. The molecule has 0 bridgehead atoms. The van der Waals surface area contributed by atoms with Gasteiger partial charge in [0.2, 0.25) is 5.95 Å². The molecule has 0 radical (unpaired) electrons. The standard InChI is InChI=1S/C25H29ClFN7O/c1-14-22(13-34(33-14)16-2-3-16)30-24-19(26)12-29-25(32-24)31-21-11-20(27)18(15-6-8-28-9-7-15)10-23(21)35-17-4-5-17/h10-13,15-17,28H,2-9H2,1H3,(H2,29,30,31,32). The minimum absolute atomic E-state index is 0.177. The Labute approximate surface area is 208 Å². The monoisotopic (exact) mass is 497 g/mol. The van der Waals surface area contributed by atoms with Crippen LogP contribution in [-0.2, 0) is 0 Å². The van der Waals surface area contributed by atoms with Crippen molar-refractivity contribution in [2.75, 3.05) is 23.7 Å². The van der Waals surface area contributed by atoms with E-state index in [-0.39, 0.29) is 17.8 Å². The molecule has 1 saturated heterocycles. The molecule has 8 nitrogen and oxygen atoms in total. The molecular formula is C25H29ClFN7O. The number of nitrogens with zero attached hydrogens (tertiary/aromatic N) is 4. The average Bonchev–Trinajstić information content (AvgIpc) is 3.78. The van der Waals surface area contributed by atoms with E-state index in [1.165, 1.54) is 12.3 Å². The van der Waals surface area contributed by atoms with Gasteiger partial charge >= 0.3 is 0 Å². The molecule has 35 heavy (non-hydrogen) atoms. The van der Waals surface area contributed by atoms with Gasteiger partial charge < -0.3 is 20.7 Å². The molecular weight excluding hydrogens is 469 g/mol. The van der Waals surface area contributed by atoms with Crippen molar-refractivity contribution in [1.82, 2.24) is 25.1 Å². The summed E-state index contributed by atoms with van der Waals surface area (Å²) in [6, 6.07) is 3.84. The zero-order valence-corrected chi connectivity index (χ0v) is 20.4. The van der Waals surface area contributed by atoms with Crippen LogP contribution in [0.1, 0.15) is 61.7 Å². The fourth-order valence-electron chi connectivity index (χ4n) is 4.47. The second-order valence-corrected chi connectivity index (χ2v) is 10.1. The predicted molar refractivity (Wildman–Crippen MR) is 134 cm³/mol. The lowest BCUT2D eigenvalue weighted by Gasteiger charge is -2.24. The van der Waals surface area contributed by atoms with E-state index < -0.39 is 0 Å². The second-order valence-electron chi connectivity index (χ2n) is 9.69. The summed E-state index contributed by atoms with van der Waals surface area (Å²) in [5.74, 6) is 1.35. The number of aryl methyl sites for hydroxylation is 1.